The van der Waals surface area contributed by atoms with Gasteiger partial charge in [0.1, 0.15) is 0 Å². The molecule has 2 N–H and O–H groups in total. The first-order chi connectivity index (χ1) is 10.2. The summed E-state index contributed by atoms with van der Waals surface area (Å²) in [6.07, 6.45) is 3.60. The van der Waals surface area contributed by atoms with Crippen molar-refractivity contribution >= 4 is 34.5 Å². The molecule has 0 spiro atoms. The first-order valence-corrected chi connectivity index (χ1v) is 6.56. The molecule has 4 rings (SSSR count). The quantitative estimate of drug-likeness (QED) is 0.714. The van der Waals surface area contributed by atoms with Gasteiger partial charge in [-0.2, -0.15) is 5.21 Å². The zero-order chi connectivity index (χ0) is 14.4. The number of halogens is 1. The molecule has 0 saturated carbocycles. The number of rotatable bonds is 1. The van der Waals surface area contributed by atoms with Gasteiger partial charge in [-0.05, 0) is 23.4 Å². The summed E-state index contributed by atoms with van der Waals surface area (Å²) >= 11 is 6.23. The fraction of sp³-hybridized carbons (Fsp3) is 0.0769. The van der Waals surface area contributed by atoms with Gasteiger partial charge in [0.2, 0.25) is 17.1 Å². The molecule has 7 nitrogen and oxygen atoms in total. The van der Waals surface area contributed by atoms with Gasteiger partial charge in [-0.1, -0.05) is 17.7 Å². The van der Waals surface area contributed by atoms with Crippen LogP contribution in [-0.4, -0.2) is 27.2 Å². The maximum absolute atomic E-state index is 12.6. The number of nitrogens with zero attached hydrogens (tertiary/aromatic N) is 3. The van der Waals surface area contributed by atoms with Crippen LogP contribution < -0.4 is 10.7 Å². The van der Waals surface area contributed by atoms with Crippen molar-refractivity contribution in [3.8, 4) is 11.4 Å². The Bertz CT molecular complexity index is 930. The fourth-order valence-corrected chi connectivity index (χ4v) is 2.55. The first-order valence-electron chi connectivity index (χ1n) is 6.18. The monoisotopic (exact) mass is 301 g/mol. The van der Waals surface area contributed by atoms with Crippen molar-refractivity contribution in [2.75, 3.05) is 11.9 Å². The molecular formula is C13H8ClN5O2. The number of tetrazole rings is 1. The van der Waals surface area contributed by atoms with Crippen LogP contribution in [0, 0.1) is 0 Å². The van der Waals surface area contributed by atoms with E-state index in [4.69, 9.17) is 16.0 Å². The van der Waals surface area contributed by atoms with Crippen LogP contribution in [0.5, 0.6) is 0 Å². The van der Waals surface area contributed by atoms with E-state index in [1.165, 1.54) is 0 Å². The molecule has 0 radical (unpaired) electrons. The fourth-order valence-electron chi connectivity index (χ4n) is 2.30. The lowest BCUT2D eigenvalue weighted by atomic mass is 10.1. The summed E-state index contributed by atoms with van der Waals surface area (Å²) in [6, 6.07) is 3.30. The minimum Gasteiger partial charge on any atom is -0.438 e. The van der Waals surface area contributed by atoms with E-state index in [0.717, 1.165) is 0 Å². The third kappa shape index (κ3) is 1.82. The van der Waals surface area contributed by atoms with E-state index in [1.54, 1.807) is 18.2 Å². The summed E-state index contributed by atoms with van der Waals surface area (Å²) in [5, 5.41) is 17.4. The number of aromatic nitrogens is 4. The Morgan fingerprint density at radius 3 is 3.05 bits per heavy atom. The summed E-state index contributed by atoms with van der Waals surface area (Å²) < 4.78 is 5.71. The molecule has 0 aliphatic carbocycles. The molecule has 1 aromatic carbocycles. The lowest BCUT2D eigenvalue weighted by molar-refractivity contribution is 0.614. The van der Waals surface area contributed by atoms with Gasteiger partial charge in [-0.25, -0.2) is 0 Å². The molecule has 104 valence electrons. The SMILES string of the molecule is O=c1c2c(oc3c(Cl)cc(-c4nn[nH]n4)cc13)NCC=C2. The van der Waals surface area contributed by atoms with E-state index in [9.17, 15) is 4.79 Å². The Balaban J connectivity index is 2.07. The van der Waals surface area contributed by atoms with Crippen molar-refractivity contribution in [2.24, 2.45) is 0 Å². The van der Waals surface area contributed by atoms with Crippen LogP contribution in [0.1, 0.15) is 5.56 Å². The summed E-state index contributed by atoms with van der Waals surface area (Å²) in [6.45, 7) is 0.611. The number of nitrogens with one attached hydrogen (secondary N) is 2. The minimum absolute atomic E-state index is 0.151. The summed E-state index contributed by atoms with van der Waals surface area (Å²) in [5.41, 5.74) is 1.27. The molecular weight excluding hydrogens is 294 g/mol. The number of fused-ring (bicyclic) bond motifs is 2. The van der Waals surface area contributed by atoms with E-state index in [-0.39, 0.29) is 5.43 Å². The van der Waals surface area contributed by atoms with Crippen LogP contribution in [0.3, 0.4) is 0 Å². The maximum atomic E-state index is 12.6. The molecule has 0 unspecified atom stereocenters. The number of hydrogen-bond acceptors (Lipinski definition) is 6. The number of hydrogen-bond donors (Lipinski definition) is 2. The zero-order valence-electron chi connectivity index (χ0n) is 10.6. The van der Waals surface area contributed by atoms with Gasteiger partial charge in [0.25, 0.3) is 0 Å². The second-order valence-corrected chi connectivity index (χ2v) is 4.93. The highest BCUT2D eigenvalue weighted by Crippen LogP contribution is 2.31. The molecule has 2 aromatic heterocycles. The maximum Gasteiger partial charge on any atom is 0.205 e. The predicted octanol–water partition coefficient (Wildman–Crippen LogP) is 2.07. The van der Waals surface area contributed by atoms with Crippen molar-refractivity contribution in [1.29, 1.82) is 0 Å². The van der Waals surface area contributed by atoms with Gasteiger partial charge < -0.3 is 9.73 Å². The first kappa shape index (κ1) is 12.1. The largest absolute Gasteiger partial charge is 0.438 e. The second kappa shape index (κ2) is 4.42. The third-order valence-electron chi connectivity index (χ3n) is 3.25. The molecule has 0 fully saturated rings. The summed E-state index contributed by atoms with van der Waals surface area (Å²) in [5.74, 6) is 0.800. The predicted molar refractivity (Wildman–Crippen MR) is 78.2 cm³/mol. The van der Waals surface area contributed by atoms with Crippen molar-refractivity contribution in [2.45, 2.75) is 0 Å². The molecule has 0 atom stereocenters. The zero-order valence-corrected chi connectivity index (χ0v) is 11.3. The van der Waals surface area contributed by atoms with Gasteiger partial charge in [0.05, 0.1) is 16.0 Å². The van der Waals surface area contributed by atoms with Crippen molar-refractivity contribution in [3.63, 3.8) is 0 Å². The molecule has 0 amide bonds. The third-order valence-corrected chi connectivity index (χ3v) is 3.53. The standard InChI is InChI=1S/C13H8ClN5O2/c14-9-5-6(12-16-18-19-17-12)4-8-10(20)7-2-1-3-15-13(7)21-11(8)9/h1-2,4-5,15H,3H2,(H,16,17,18,19). The lowest BCUT2D eigenvalue weighted by Gasteiger charge is -2.12. The number of benzene rings is 1. The molecule has 0 saturated heterocycles. The van der Waals surface area contributed by atoms with E-state index in [2.05, 4.69) is 25.9 Å². The molecule has 3 heterocycles. The molecule has 0 bridgehead atoms. The average Bonchev–Trinajstić information content (AvgIpc) is 3.03. The average molecular weight is 302 g/mol. The van der Waals surface area contributed by atoms with Gasteiger partial charge in [0, 0.05) is 12.1 Å². The Morgan fingerprint density at radius 1 is 1.33 bits per heavy atom. The van der Waals surface area contributed by atoms with Crippen LogP contribution >= 0.6 is 11.6 Å². The van der Waals surface area contributed by atoms with E-state index >= 15 is 0 Å². The number of aromatic amines is 1. The van der Waals surface area contributed by atoms with Gasteiger partial charge in [0.15, 0.2) is 5.58 Å². The highest BCUT2D eigenvalue weighted by molar-refractivity contribution is 6.35. The smallest absolute Gasteiger partial charge is 0.205 e. The van der Waals surface area contributed by atoms with Crippen molar-refractivity contribution in [3.05, 3.63) is 39.0 Å². The van der Waals surface area contributed by atoms with Crippen LogP contribution in [0.15, 0.2) is 27.4 Å². The molecule has 1 aliphatic rings. The van der Waals surface area contributed by atoms with Crippen LogP contribution in [0.2, 0.25) is 5.02 Å². The van der Waals surface area contributed by atoms with Gasteiger partial charge in [-0.15, -0.1) is 10.2 Å². The van der Waals surface area contributed by atoms with E-state index in [1.807, 2.05) is 6.08 Å². The lowest BCUT2D eigenvalue weighted by Crippen LogP contribution is -2.14. The normalized spacial score (nSPS) is 13.2. The highest BCUT2D eigenvalue weighted by Gasteiger charge is 2.18. The van der Waals surface area contributed by atoms with Crippen LogP contribution in [0.4, 0.5) is 5.88 Å². The minimum atomic E-state index is -0.151. The van der Waals surface area contributed by atoms with Gasteiger partial charge >= 0.3 is 0 Å². The Kier molecular flexibility index (Phi) is 2.55. The second-order valence-electron chi connectivity index (χ2n) is 4.53. The Labute approximate surface area is 122 Å². The van der Waals surface area contributed by atoms with Crippen molar-refractivity contribution in [1.82, 2.24) is 20.6 Å². The van der Waals surface area contributed by atoms with Crippen LogP contribution in [-0.2, 0) is 0 Å². The van der Waals surface area contributed by atoms with Crippen molar-refractivity contribution < 1.29 is 4.42 Å². The highest BCUT2D eigenvalue weighted by atomic mass is 35.5. The number of anilines is 1. The van der Waals surface area contributed by atoms with E-state index in [0.29, 0.717) is 45.4 Å². The summed E-state index contributed by atoms with van der Waals surface area (Å²) in [7, 11) is 0. The molecule has 8 heteroatoms. The Hall–Kier alpha value is -2.67. The summed E-state index contributed by atoms with van der Waals surface area (Å²) in [4.78, 5) is 12.6. The Morgan fingerprint density at radius 2 is 2.24 bits per heavy atom. The number of H-pyrrole nitrogens is 1. The molecule has 21 heavy (non-hydrogen) atoms. The molecule has 3 aromatic rings. The van der Waals surface area contributed by atoms with E-state index < -0.39 is 0 Å². The van der Waals surface area contributed by atoms with Crippen LogP contribution in [0.25, 0.3) is 28.4 Å². The topological polar surface area (TPSA) is 96.7 Å². The molecule has 1 aliphatic heterocycles. The van der Waals surface area contributed by atoms with Gasteiger partial charge in [-0.3, -0.25) is 4.79 Å².